The molecule has 86 valence electrons. The monoisotopic (exact) mass is 232 g/mol. The van der Waals surface area contributed by atoms with Crippen molar-refractivity contribution in [1.82, 2.24) is 0 Å². The molecular formula is C14H10F2O. The summed E-state index contributed by atoms with van der Waals surface area (Å²) in [5.74, 6) is -0.935. The zero-order valence-electron chi connectivity index (χ0n) is 9.21. The Morgan fingerprint density at radius 3 is 2.47 bits per heavy atom. The van der Waals surface area contributed by atoms with E-state index in [1.807, 2.05) is 0 Å². The van der Waals surface area contributed by atoms with Gasteiger partial charge in [0.2, 0.25) is 0 Å². The van der Waals surface area contributed by atoms with E-state index in [-0.39, 0.29) is 11.4 Å². The first-order chi connectivity index (χ1) is 8.13. The van der Waals surface area contributed by atoms with Crippen LogP contribution in [-0.4, -0.2) is 6.29 Å². The summed E-state index contributed by atoms with van der Waals surface area (Å²) in [6.45, 7) is 1.70. The van der Waals surface area contributed by atoms with Crippen LogP contribution in [0, 0.1) is 18.6 Å². The molecule has 0 radical (unpaired) electrons. The lowest BCUT2D eigenvalue weighted by atomic mass is 9.98. The number of carbonyl (C=O) groups is 1. The van der Waals surface area contributed by atoms with Gasteiger partial charge < -0.3 is 0 Å². The average Bonchev–Trinajstić information content (AvgIpc) is 2.30. The maximum absolute atomic E-state index is 13.9. The highest BCUT2D eigenvalue weighted by Crippen LogP contribution is 2.27. The summed E-state index contributed by atoms with van der Waals surface area (Å²) in [6, 6.07) is 8.70. The summed E-state index contributed by atoms with van der Waals surface area (Å²) in [5, 5.41) is 0. The van der Waals surface area contributed by atoms with E-state index in [9.17, 15) is 13.6 Å². The van der Waals surface area contributed by atoms with Gasteiger partial charge in [0.05, 0.1) is 5.56 Å². The van der Waals surface area contributed by atoms with Crippen molar-refractivity contribution in [2.24, 2.45) is 0 Å². The number of hydrogen-bond donors (Lipinski definition) is 0. The lowest BCUT2D eigenvalue weighted by Gasteiger charge is -2.08. The van der Waals surface area contributed by atoms with E-state index >= 15 is 0 Å². The fraction of sp³-hybridized carbons (Fsp3) is 0.0714. The van der Waals surface area contributed by atoms with Crippen molar-refractivity contribution >= 4 is 6.29 Å². The largest absolute Gasteiger partial charge is 0.298 e. The zero-order chi connectivity index (χ0) is 12.4. The fourth-order valence-electron chi connectivity index (χ4n) is 1.78. The second-order valence-electron chi connectivity index (χ2n) is 3.79. The van der Waals surface area contributed by atoms with Crippen LogP contribution < -0.4 is 0 Å². The van der Waals surface area contributed by atoms with Crippen molar-refractivity contribution in [3.05, 3.63) is 59.2 Å². The summed E-state index contributed by atoms with van der Waals surface area (Å²) in [4.78, 5) is 10.6. The van der Waals surface area contributed by atoms with Gasteiger partial charge in [-0.05, 0) is 36.2 Å². The number of halogens is 2. The fourth-order valence-corrected chi connectivity index (χ4v) is 1.78. The third kappa shape index (κ3) is 2.09. The highest BCUT2D eigenvalue weighted by Gasteiger charge is 2.11. The minimum Gasteiger partial charge on any atom is -0.298 e. The molecule has 0 fully saturated rings. The Morgan fingerprint density at radius 2 is 1.82 bits per heavy atom. The minimum absolute atomic E-state index is 0.00576. The highest BCUT2D eigenvalue weighted by atomic mass is 19.1. The lowest BCUT2D eigenvalue weighted by molar-refractivity contribution is 0.112. The molecule has 0 amide bonds. The van der Waals surface area contributed by atoms with Gasteiger partial charge in [-0.1, -0.05) is 18.2 Å². The van der Waals surface area contributed by atoms with Crippen molar-refractivity contribution in [3.8, 4) is 11.1 Å². The maximum atomic E-state index is 13.9. The van der Waals surface area contributed by atoms with Gasteiger partial charge in [-0.3, -0.25) is 4.79 Å². The van der Waals surface area contributed by atoms with Gasteiger partial charge in [0.15, 0.2) is 6.29 Å². The molecule has 0 aliphatic rings. The smallest absolute Gasteiger partial charge is 0.153 e. The number of carbonyl (C=O) groups excluding carboxylic acids is 1. The number of aldehydes is 1. The maximum Gasteiger partial charge on any atom is 0.153 e. The van der Waals surface area contributed by atoms with Crippen molar-refractivity contribution in [2.45, 2.75) is 6.92 Å². The van der Waals surface area contributed by atoms with Crippen LogP contribution in [-0.2, 0) is 0 Å². The predicted molar refractivity (Wildman–Crippen MR) is 61.9 cm³/mol. The number of rotatable bonds is 2. The molecule has 0 heterocycles. The molecule has 0 saturated heterocycles. The van der Waals surface area contributed by atoms with E-state index in [1.165, 1.54) is 24.3 Å². The minimum atomic E-state index is -0.572. The molecule has 3 heteroatoms. The Morgan fingerprint density at radius 1 is 1.06 bits per heavy atom. The molecule has 2 aromatic rings. The molecule has 0 bridgehead atoms. The number of hydrogen-bond acceptors (Lipinski definition) is 1. The van der Waals surface area contributed by atoms with Crippen LogP contribution in [0.25, 0.3) is 11.1 Å². The first-order valence-electron chi connectivity index (χ1n) is 5.13. The Kier molecular flexibility index (Phi) is 3.00. The van der Waals surface area contributed by atoms with Crippen LogP contribution in [0.3, 0.4) is 0 Å². The first-order valence-corrected chi connectivity index (χ1v) is 5.13. The first kappa shape index (κ1) is 11.5. The summed E-state index contributed by atoms with van der Waals surface area (Å²) in [6.07, 6.45) is 0.470. The standard InChI is InChI=1S/C14H10F2O/c1-9-7-11(15)5-6-12(9)13-4-2-3-10(8-17)14(13)16/h2-8H,1H3. The Hall–Kier alpha value is -2.03. The molecule has 0 atom stereocenters. The third-order valence-electron chi connectivity index (χ3n) is 2.63. The topological polar surface area (TPSA) is 17.1 Å². The van der Waals surface area contributed by atoms with Crippen LogP contribution in [0.4, 0.5) is 8.78 Å². The van der Waals surface area contributed by atoms with Gasteiger partial charge in [-0.25, -0.2) is 8.78 Å². The molecule has 0 aromatic heterocycles. The number of benzene rings is 2. The van der Waals surface area contributed by atoms with Gasteiger partial charge in [0, 0.05) is 5.56 Å². The van der Waals surface area contributed by atoms with E-state index in [0.29, 0.717) is 23.0 Å². The molecule has 1 nitrogen and oxygen atoms in total. The molecule has 0 unspecified atom stereocenters. The molecule has 0 N–H and O–H groups in total. The highest BCUT2D eigenvalue weighted by molar-refractivity contribution is 5.80. The van der Waals surface area contributed by atoms with E-state index < -0.39 is 5.82 Å². The molecule has 2 aromatic carbocycles. The van der Waals surface area contributed by atoms with Crippen LogP contribution in [0.1, 0.15) is 15.9 Å². The van der Waals surface area contributed by atoms with E-state index in [4.69, 9.17) is 0 Å². The molecule has 0 aliphatic carbocycles. The van der Waals surface area contributed by atoms with Crippen molar-refractivity contribution < 1.29 is 13.6 Å². The second kappa shape index (κ2) is 4.45. The van der Waals surface area contributed by atoms with Crippen molar-refractivity contribution in [1.29, 1.82) is 0 Å². The molecule has 17 heavy (non-hydrogen) atoms. The van der Waals surface area contributed by atoms with Crippen molar-refractivity contribution in [2.75, 3.05) is 0 Å². The van der Waals surface area contributed by atoms with Crippen LogP contribution in [0.15, 0.2) is 36.4 Å². The Balaban J connectivity index is 2.64. The van der Waals surface area contributed by atoms with Gasteiger partial charge in [0.25, 0.3) is 0 Å². The summed E-state index contributed by atoms with van der Waals surface area (Å²) in [5.41, 5.74) is 1.54. The van der Waals surface area contributed by atoms with E-state index in [1.54, 1.807) is 19.1 Å². The summed E-state index contributed by atoms with van der Waals surface area (Å²) in [7, 11) is 0. The van der Waals surface area contributed by atoms with Crippen LogP contribution in [0.2, 0.25) is 0 Å². The van der Waals surface area contributed by atoms with Gasteiger partial charge in [0.1, 0.15) is 11.6 Å². The molecular weight excluding hydrogens is 222 g/mol. The zero-order valence-corrected chi connectivity index (χ0v) is 9.21. The van der Waals surface area contributed by atoms with E-state index in [2.05, 4.69) is 0 Å². The normalized spacial score (nSPS) is 10.3. The summed E-state index contributed by atoms with van der Waals surface area (Å²) < 4.78 is 26.9. The van der Waals surface area contributed by atoms with Crippen LogP contribution >= 0.6 is 0 Å². The van der Waals surface area contributed by atoms with Gasteiger partial charge in [-0.15, -0.1) is 0 Å². The Labute approximate surface area is 97.7 Å². The number of aryl methyl sites for hydroxylation is 1. The molecule has 0 spiro atoms. The van der Waals surface area contributed by atoms with E-state index in [0.717, 1.165) is 0 Å². The van der Waals surface area contributed by atoms with Gasteiger partial charge in [-0.2, -0.15) is 0 Å². The average molecular weight is 232 g/mol. The third-order valence-corrected chi connectivity index (χ3v) is 2.63. The SMILES string of the molecule is Cc1cc(F)ccc1-c1cccc(C=O)c1F. The van der Waals surface area contributed by atoms with Gasteiger partial charge >= 0.3 is 0 Å². The second-order valence-corrected chi connectivity index (χ2v) is 3.79. The quantitative estimate of drug-likeness (QED) is 0.720. The van der Waals surface area contributed by atoms with Crippen molar-refractivity contribution in [3.63, 3.8) is 0 Å². The molecule has 0 saturated carbocycles. The molecule has 0 aliphatic heterocycles. The predicted octanol–water partition coefficient (Wildman–Crippen LogP) is 3.75. The van der Waals surface area contributed by atoms with Crippen LogP contribution in [0.5, 0.6) is 0 Å². The Bertz CT molecular complexity index is 576. The summed E-state index contributed by atoms with van der Waals surface area (Å²) >= 11 is 0. The molecule has 2 rings (SSSR count). The lowest BCUT2D eigenvalue weighted by Crippen LogP contribution is -1.93.